The smallest absolute Gasteiger partial charge is 0.252 e. The number of aromatic nitrogens is 1. The standard InChI is InChI=1S/C14H10Cl2N4O.ClH/c15-10-4-11(14(19)21)13(18)20(7-10)6-9-3-8(5-17)1-2-12(9)16;/h1-4,7,18H,6H2,(H2,19,21);1H. The fourth-order valence-corrected chi connectivity index (χ4v) is 2.28. The first kappa shape index (κ1) is 18.1. The van der Waals surface area contributed by atoms with Crippen molar-refractivity contribution < 1.29 is 4.79 Å². The van der Waals surface area contributed by atoms with Gasteiger partial charge in [-0.3, -0.25) is 10.2 Å². The lowest BCUT2D eigenvalue weighted by Crippen LogP contribution is -2.29. The number of nitrogens with zero attached hydrogens (tertiary/aromatic N) is 2. The van der Waals surface area contributed by atoms with E-state index < -0.39 is 5.91 Å². The van der Waals surface area contributed by atoms with Crippen molar-refractivity contribution in [3.05, 3.63) is 62.7 Å². The number of carbonyl (C=O) groups is 1. The van der Waals surface area contributed by atoms with E-state index in [-0.39, 0.29) is 35.0 Å². The van der Waals surface area contributed by atoms with E-state index in [1.165, 1.54) is 16.8 Å². The van der Waals surface area contributed by atoms with E-state index in [4.69, 9.17) is 39.6 Å². The molecule has 0 aliphatic rings. The predicted molar refractivity (Wildman–Crippen MR) is 86.3 cm³/mol. The summed E-state index contributed by atoms with van der Waals surface area (Å²) in [6.07, 6.45) is 1.51. The van der Waals surface area contributed by atoms with Crippen LogP contribution in [0.4, 0.5) is 0 Å². The Balaban J connectivity index is 0.00000242. The minimum Gasteiger partial charge on any atom is -0.365 e. The molecule has 0 atom stereocenters. The van der Waals surface area contributed by atoms with E-state index in [2.05, 4.69) is 0 Å². The van der Waals surface area contributed by atoms with Gasteiger partial charge in [0.2, 0.25) is 0 Å². The molecule has 1 aromatic carbocycles. The van der Waals surface area contributed by atoms with Gasteiger partial charge in [-0.05, 0) is 29.8 Å². The summed E-state index contributed by atoms with van der Waals surface area (Å²) in [5.74, 6) is -0.729. The largest absolute Gasteiger partial charge is 0.365 e. The first-order valence-corrected chi connectivity index (χ1v) is 6.61. The summed E-state index contributed by atoms with van der Waals surface area (Å²) in [4.78, 5) is 11.3. The number of hydrogen-bond acceptors (Lipinski definition) is 3. The maximum atomic E-state index is 11.3. The normalized spacial score (nSPS) is 9.68. The van der Waals surface area contributed by atoms with E-state index in [0.717, 1.165) is 0 Å². The van der Waals surface area contributed by atoms with Crippen molar-refractivity contribution in [2.45, 2.75) is 6.54 Å². The zero-order valence-corrected chi connectivity index (χ0v) is 13.5. The average Bonchev–Trinajstić information content (AvgIpc) is 2.44. The number of hydrogen-bond donors (Lipinski definition) is 2. The Labute approximate surface area is 142 Å². The Morgan fingerprint density at radius 1 is 1.36 bits per heavy atom. The highest BCUT2D eigenvalue weighted by molar-refractivity contribution is 6.31. The Bertz CT molecular complexity index is 824. The molecular formula is C14H11Cl3N4O. The van der Waals surface area contributed by atoms with Crippen molar-refractivity contribution in [3.63, 3.8) is 0 Å². The van der Waals surface area contributed by atoms with Gasteiger partial charge in [0.15, 0.2) is 0 Å². The number of benzene rings is 1. The molecule has 114 valence electrons. The molecule has 0 radical (unpaired) electrons. The lowest BCUT2D eigenvalue weighted by Gasteiger charge is -2.11. The van der Waals surface area contributed by atoms with Crippen molar-refractivity contribution in [2.75, 3.05) is 0 Å². The average molecular weight is 358 g/mol. The molecule has 0 aliphatic heterocycles. The first-order valence-electron chi connectivity index (χ1n) is 5.85. The summed E-state index contributed by atoms with van der Waals surface area (Å²) < 4.78 is 1.45. The van der Waals surface area contributed by atoms with Crippen LogP contribution in [0.5, 0.6) is 0 Å². The zero-order chi connectivity index (χ0) is 15.6. The van der Waals surface area contributed by atoms with Crippen molar-refractivity contribution in [3.8, 4) is 6.07 Å². The molecule has 0 unspecified atom stereocenters. The lowest BCUT2D eigenvalue weighted by molar-refractivity contribution is 0.0998. The highest BCUT2D eigenvalue weighted by atomic mass is 35.5. The molecule has 5 nitrogen and oxygen atoms in total. The Kier molecular flexibility index (Phi) is 6.01. The van der Waals surface area contributed by atoms with Crippen LogP contribution in [-0.2, 0) is 6.54 Å². The summed E-state index contributed by atoms with van der Waals surface area (Å²) in [5, 5.41) is 17.6. The van der Waals surface area contributed by atoms with Crippen LogP contribution in [0.3, 0.4) is 0 Å². The van der Waals surface area contributed by atoms with Gasteiger partial charge in [-0.1, -0.05) is 23.2 Å². The second-order valence-corrected chi connectivity index (χ2v) is 5.17. The summed E-state index contributed by atoms with van der Waals surface area (Å²) in [5.41, 5.74) is 6.28. The fraction of sp³-hybridized carbons (Fsp3) is 0.0714. The predicted octanol–water partition coefficient (Wildman–Crippen LogP) is 2.72. The molecule has 1 heterocycles. The molecule has 0 aliphatic carbocycles. The molecular weight excluding hydrogens is 347 g/mol. The third kappa shape index (κ3) is 3.80. The van der Waals surface area contributed by atoms with Gasteiger partial charge in [0.05, 0.1) is 28.8 Å². The number of pyridine rings is 1. The third-order valence-corrected chi connectivity index (χ3v) is 3.46. The van der Waals surface area contributed by atoms with Crippen LogP contribution in [0.2, 0.25) is 10.0 Å². The van der Waals surface area contributed by atoms with Gasteiger partial charge in [0.1, 0.15) is 5.49 Å². The van der Waals surface area contributed by atoms with Crippen molar-refractivity contribution in [1.82, 2.24) is 4.57 Å². The van der Waals surface area contributed by atoms with E-state index in [1.54, 1.807) is 18.2 Å². The lowest BCUT2D eigenvalue weighted by atomic mass is 10.1. The number of rotatable bonds is 3. The minimum atomic E-state index is -0.729. The molecule has 8 heteroatoms. The second-order valence-electron chi connectivity index (χ2n) is 4.33. The van der Waals surface area contributed by atoms with Gasteiger partial charge in [-0.15, -0.1) is 12.4 Å². The molecule has 22 heavy (non-hydrogen) atoms. The van der Waals surface area contributed by atoms with E-state index in [9.17, 15) is 4.79 Å². The van der Waals surface area contributed by atoms with Crippen LogP contribution >= 0.6 is 35.6 Å². The van der Waals surface area contributed by atoms with Gasteiger partial charge >= 0.3 is 0 Å². The Hall–Kier alpha value is -2.00. The third-order valence-electron chi connectivity index (χ3n) is 2.88. The number of primary amides is 1. The Morgan fingerprint density at radius 2 is 2.05 bits per heavy atom. The summed E-state index contributed by atoms with van der Waals surface area (Å²) in [6.45, 7) is 0.202. The maximum absolute atomic E-state index is 11.3. The highest BCUT2D eigenvalue weighted by Crippen LogP contribution is 2.19. The number of nitrogens with one attached hydrogen (secondary N) is 1. The molecule has 1 aromatic heterocycles. The van der Waals surface area contributed by atoms with Crippen LogP contribution < -0.4 is 11.2 Å². The molecule has 0 spiro atoms. The number of carbonyl (C=O) groups excluding carboxylic acids is 1. The van der Waals surface area contributed by atoms with Crippen molar-refractivity contribution in [1.29, 1.82) is 10.7 Å². The minimum absolute atomic E-state index is 0. The molecule has 0 saturated carbocycles. The monoisotopic (exact) mass is 356 g/mol. The number of nitriles is 1. The van der Waals surface area contributed by atoms with E-state index in [0.29, 0.717) is 16.1 Å². The zero-order valence-electron chi connectivity index (χ0n) is 11.1. The number of halogens is 3. The second kappa shape index (κ2) is 7.32. The topological polar surface area (TPSA) is 95.7 Å². The van der Waals surface area contributed by atoms with Gasteiger partial charge in [-0.25, -0.2) is 0 Å². The van der Waals surface area contributed by atoms with E-state index in [1.807, 2.05) is 6.07 Å². The van der Waals surface area contributed by atoms with Crippen LogP contribution in [-0.4, -0.2) is 10.5 Å². The number of nitrogens with two attached hydrogens (primary N) is 1. The number of amides is 1. The summed E-state index contributed by atoms with van der Waals surface area (Å²) >= 11 is 12.0. The SMILES string of the molecule is Cl.N#Cc1ccc(Cl)c(Cn2cc(Cl)cc(C(N)=O)c2=N)c1. The van der Waals surface area contributed by atoms with E-state index >= 15 is 0 Å². The molecule has 0 saturated heterocycles. The van der Waals surface area contributed by atoms with Crippen LogP contribution in [0, 0.1) is 16.7 Å². The molecule has 3 N–H and O–H groups in total. The first-order chi connectivity index (χ1) is 9.92. The van der Waals surface area contributed by atoms with Gasteiger partial charge in [0.25, 0.3) is 5.91 Å². The van der Waals surface area contributed by atoms with Crippen LogP contribution in [0.1, 0.15) is 21.5 Å². The van der Waals surface area contributed by atoms with Crippen molar-refractivity contribution >= 4 is 41.5 Å². The quantitative estimate of drug-likeness (QED) is 0.883. The molecule has 0 bridgehead atoms. The summed E-state index contributed by atoms with van der Waals surface area (Å²) in [7, 11) is 0. The Morgan fingerprint density at radius 3 is 2.64 bits per heavy atom. The molecule has 2 aromatic rings. The molecule has 1 amide bonds. The molecule has 0 fully saturated rings. The van der Waals surface area contributed by atoms with Crippen molar-refractivity contribution in [2.24, 2.45) is 5.73 Å². The van der Waals surface area contributed by atoms with Gasteiger partial charge in [-0.2, -0.15) is 5.26 Å². The van der Waals surface area contributed by atoms with Gasteiger partial charge < -0.3 is 10.3 Å². The summed E-state index contributed by atoms with van der Waals surface area (Å²) in [6, 6.07) is 8.20. The van der Waals surface area contributed by atoms with Gasteiger partial charge in [0, 0.05) is 11.2 Å². The van der Waals surface area contributed by atoms with Crippen LogP contribution in [0.25, 0.3) is 0 Å². The maximum Gasteiger partial charge on any atom is 0.252 e. The van der Waals surface area contributed by atoms with Crippen LogP contribution in [0.15, 0.2) is 30.5 Å². The fourth-order valence-electron chi connectivity index (χ4n) is 1.87. The highest BCUT2D eigenvalue weighted by Gasteiger charge is 2.10. The molecule has 2 rings (SSSR count).